The van der Waals surface area contributed by atoms with E-state index >= 15 is 0 Å². The SMILES string of the molecule is COc1ccc([C@@H](C)N)cc1-c1ccnc2cc(-c3cc(OC)c(OC)c(OC)c3)oc12. The number of hydrogen-bond acceptors (Lipinski definition) is 7. The van der Waals surface area contributed by atoms with E-state index in [-0.39, 0.29) is 6.04 Å². The van der Waals surface area contributed by atoms with Crippen molar-refractivity contribution in [1.29, 1.82) is 0 Å². The first-order valence-electron chi connectivity index (χ1n) is 10.1. The molecule has 7 heteroatoms. The van der Waals surface area contributed by atoms with Crippen molar-refractivity contribution in [2.24, 2.45) is 5.73 Å². The second-order valence-electron chi connectivity index (χ2n) is 7.35. The number of ether oxygens (including phenoxy) is 4. The fourth-order valence-electron chi connectivity index (χ4n) is 3.74. The number of nitrogens with zero attached hydrogens (tertiary/aromatic N) is 1. The lowest BCUT2D eigenvalue weighted by molar-refractivity contribution is 0.324. The largest absolute Gasteiger partial charge is 0.496 e. The van der Waals surface area contributed by atoms with Crippen molar-refractivity contribution in [3.8, 4) is 45.4 Å². The van der Waals surface area contributed by atoms with Gasteiger partial charge in [0.2, 0.25) is 5.75 Å². The Morgan fingerprint density at radius 2 is 1.50 bits per heavy atom. The van der Waals surface area contributed by atoms with Gasteiger partial charge in [0.1, 0.15) is 17.0 Å². The summed E-state index contributed by atoms with van der Waals surface area (Å²) in [6.45, 7) is 1.95. The molecule has 0 aliphatic heterocycles. The summed E-state index contributed by atoms with van der Waals surface area (Å²) >= 11 is 0. The Kier molecular flexibility index (Phi) is 5.92. The zero-order valence-corrected chi connectivity index (χ0v) is 18.8. The van der Waals surface area contributed by atoms with Crippen LogP contribution in [0.3, 0.4) is 0 Å². The van der Waals surface area contributed by atoms with Crippen molar-refractivity contribution >= 4 is 11.1 Å². The highest BCUT2D eigenvalue weighted by Gasteiger charge is 2.19. The molecule has 0 saturated heterocycles. The van der Waals surface area contributed by atoms with Crippen molar-refractivity contribution in [1.82, 2.24) is 4.98 Å². The Bertz CT molecular complexity index is 1240. The summed E-state index contributed by atoms with van der Waals surface area (Å²) in [4.78, 5) is 4.50. The van der Waals surface area contributed by atoms with E-state index in [0.29, 0.717) is 28.6 Å². The quantitative estimate of drug-likeness (QED) is 0.427. The summed E-state index contributed by atoms with van der Waals surface area (Å²) in [5.74, 6) is 2.96. The minimum Gasteiger partial charge on any atom is -0.496 e. The molecule has 7 nitrogen and oxygen atoms in total. The Morgan fingerprint density at radius 1 is 0.812 bits per heavy atom. The van der Waals surface area contributed by atoms with E-state index in [1.54, 1.807) is 34.6 Å². The molecule has 32 heavy (non-hydrogen) atoms. The van der Waals surface area contributed by atoms with E-state index in [1.807, 2.05) is 49.4 Å². The minimum atomic E-state index is -0.108. The molecule has 0 fully saturated rings. The number of furan rings is 1. The van der Waals surface area contributed by atoms with Crippen LogP contribution in [0.4, 0.5) is 0 Å². The minimum absolute atomic E-state index is 0.108. The van der Waals surface area contributed by atoms with Crippen LogP contribution in [0.2, 0.25) is 0 Å². The van der Waals surface area contributed by atoms with Crippen molar-refractivity contribution < 1.29 is 23.4 Å². The fourth-order valence-corrected chi connectivity index (χ4v) is 3.74. The van der Waals surface area contributed by atoms with Gasteiger partial charge in [-0.2, -0.15) is 0 Å². The molecular weight excluding hydrogens is 408 g/mol. The Balaban J connectivity index is 1.90. The summed E-state index contributed by atoms with van der Waals surface area (Å²) in [7, 11) is 6.38. The third-order valence-electron chi connectivity index (χ3n) is 5.40. The van der Waals surface area contributed by atoms with Gasteiger partial charge in [-0.3, -0.25) is 4.98 Å². The Labute approximate surface area is 186 Å². The molecule has 2 heterocycles. The van der Waals surface area contributed by atoms with Crippen LogP contribution in [0.25, 0.3) is 33.6 Å². The van der Waals surface area contributed by atoms with Crippen LogP contribution in [0, 0.1) is 0 Å². The molecule has 0 unspecified atom stereocenters. The maximum Gasteiger partial charge on any atom is 0.203 e. The number of pyridine rings is 1. The van der Waals surface area contributed by atoms with E-state index in [1.165, 1.54) is 0 Å². The van der Waals surface area contributed by atoms with Crippen LogP contribution >= 0.6 is 0 Å². The van der Waals surface area contributed by atoms with Crippen LogP contribution in [-0.4, -0.2) is 33.4 Å². The van der Waals surface area contributed by atoms with Crippen LogP contribution in [-0.2, 0) is 0 Å². The second kappa shape index (κ2) is 8.80. The summed E-state index contributed by atoms with van der Waals surface area (Å²) in [5, 5.41) is 0. The molecule has 0 spiro atoms. The standard InChI is InChI=1S/C25H26N2O5/c1-14(26)15-6-7-20(28-2)18(10-15)17-8-9-27-19-13-21(32-24(17)19)16-11-22(29-3)25(31-5)23(12-16)30-4/h6-14H,26H2,1-5H3/t14-/m1/s1. The van der Waals surface area contributed by atoms with Gasteiger partial charge in [-0.15, -0.1) is 0 Å². The third kappa shape index (κ3) is 3.71. The van der Waals surface area contributed by atoms with Crippen LogP contribution in [0.5, 0.6) is 23.0 Å². The lowest BCUT2D eigenvalue weighted by atomic mass is 9.99. The van der Waals surface area contributed by atoms with E-state index < -0.39 is 0 Å². The van der Waals surface area contributed by atoms with Gasteiger partial charge in [0.25, 0.3) is 0 Å². The van der Waals surface area contributed by atoms with Gasteiger partial charge in [-0.25, -0.2) is 0 Å². The highest BCUT2D eigenvalue weighted by Crippen LogP contribution is 2.43. The van der Waals surface area contributed by atoms with Gasteiger partial charge in [0.15, 0.2) is 17.1 Å². The van der Waals surface area contributed by atoms with Crippen LogP contribution in [0.15, 0.2) is 53.1 Å². The van der Waals surface area contributed by atoms with E-state index in [4.69, 9.17) is 29.1 Å². The smallest absolute Gasteiger partial charge is 0.203 e. The van der Waals surface area contributed by atoms with Gasteiger partial charge in [0, 0.05) is 35.0 Å². The molecule has 1 atom stereocenters. The van der Waals surface area contributed by atoms with Gasteiger partial charge >= 0.3 is 0 Å². The molecule has 0 amide bonds. The predicted octanol–water partition coefficient (Wildman–Crippen LogP) is 5.22. The zero-order valence-electron chi connectivity index (χ0n) is 18.8. The van der Waals surface area contributed by atoms with Crippen molar-refractivity contribution in [2.75, 3.05) is 28.4 Å². The summed E-state index contributed by atoms with van der Waals surface area (Å²) < 4.78 is 28.3. The van der Waals surface area contributed by atoms with Crippen LogP contribution in [0.1, 0.15) is 18.5 Å². The summed E-state index contributed by atoms with van der Waals surface area (Å²) in [5.41, 5.74) is 11.0. The average molecular weight is 434 g/mol. The topological polar surface area (TPSA) is 89.0 Å². The number of benzene rings is 2. The number of nitrogens with two attached hydrogens (primary N) is 1. The molecule has 166 valence electrons. The Hall–Kier alpha value is -3.71. The lowest BCUT2D eigenvalue weighted by Gasteiger charge is -2.13. The molecule has 2 N–H and O–H groups in total. The number of fused-ring (bicyclic) bond motifs is 1. The van der Waals surface area contributed by atoms with Gasteiger partial charge < -0.3 is 29.1 Å². The van der Waals surface area contributed by atoms with Crippen molar-refractivity contribution in [3.63, 3.8) is 0 Å². The molecule has 4 aromatic rings. The van der Waals surface area contributed by atoms with Gasteiger partial charge in [-0.1, -0.05) is 6.07 Å². The van der Waals surface area contributed by atoms with Gasteiger partial charge in [0.05, 0.1) is 28.4 Å². The first-order valence-corrected chi connectivity index (χ1v) is 10.1. The Morgan fingerprint density at radius 3 is 2.09 bits per heavy atom. The normalized spacial score (nSPS) is 11.9. The molecule has 2 aromatic heterocycles. The molecular formula is C25H26N2O5. The first-order chi connectivity index (χ1) is 15.5. The monoisotopic (exact) mass is 434 g/mol. The van der Waals surface area contributed by atoms with Crippen molar-refractivity contribution in [3.05, 3.63) is 54.2 Å². The first kappa shape index (κ1) is 21.5. The van der Waals surface area contributed by atoms with Crippen molar-refractivity contribution in [2.45, 2.75) is 13.0 Å². The molecule has 0 bridgehead atoms. The average Bonchev–Trinajstić information content (AvgIpc) is 3.27. The summed E-state index contributed by atoms with van der Waals surface area (Å²) in [6.07, 6.45) is 1.75. The second-order valence-corrected chi connectivity index (χ2v) is 7.35. The number of methoxy groups -OCH3 is 4. The van der Waals surface area contributed by atoms with E-state index in [9.17, 15) is 0 Å². The third-order valence-corrected chi connectivity index (χ3v) is 5.40. The molecule has 0 radical (unpaired) electrons. The fraction of sp³-hybridized carbons (Fsp3) is 0.240. The molecule has 4 rings (SSSR count). The highest BCUT2D eigenvalue weighted by atomic mass is 16.5. The molecule has 2 aromatic carbocycles. The maximum atomic E-state index is 6.31. The molecule has 0 aliphatic carbocycles. The number of aromatic nitrogens is 1. The zero-order chi connectivity index (χ0) is 22.8. The highest BCUT2D eigenvalue weighted by molar-refractivity contribution is 5.94. The van der Waals surface area contributed by atoms with E-state index in [2.05, 4.69) is 4.98 Å². The molecule has 0 aliphatic rings. The van der Waals surface area contributed by atoms with E-state index in [0.717, 1.165) is 33.5 Å². The van der Waals surface area contributed by atoms with Crippen LogP contribution < -0.4 is 24.7 Å². The van der Waals surface area contributed by atoms with Gasteiger partial charge in [-0.05, 0) is 42.8 Å². The number of hydrogen-bond donors (Lipinski definition) is 1. The lowest BCUT2D eigenvalue weighted by Crippen LogP contribution is -2.05. The maximum absolute atomic E-state index is 6.31. The number of rotatable bonds is 7. The predicted molar refractivity (Wildman–Crippen MR) is 124 cm³/mol. The summed E-state index contributed by atoms with van der Waals surface area (Å²) in [6, 6.07) is 13.3. The molecule has 0 saturated carbocycles.